The molecule has 1 aromatic heterocycles. The maximum Gasteiger partial charge on any atom is 0.138 e. The quantitative estimate of drug-likeness (QED) is 0.839. The van der Waals surface area contributed by atoms with Crippen molar-refractivity contribution in [1.29, 1.82) is 0 Å². The summed E-state index contributed by atoms with van der Waals surface area (Å²) >= 11 is 9.37. The molecule has 0 aliphatic heterocycles. The smallest absolute Gasteiger partial charge is 0.138 e. The first-order chi connectivity index (χ1) is 6.66. The third-order valence-electron chi connectivity index (χ3n) is 1.89. The molecule has 0 atom stereocenters. The van der Waals surface area contributed by atoms with E-state index in [1.54, 1.807) is 6.20 Å². The second-order valence-electron chi connectivity index (χ2n) is 3.04. The van der Waals surface area contributed by atoms with Crippen LogP contribution in [0.1, 0.15) is 5.69 Å². The molecule has 0 saturated carbocycles. The molecule has 0 fully saturated rings. The Balaban J connectivity index is 2.55. The van der Waals surface area contributed by atoms with E-state index >= 15 is 0 Å². The number of benzene rings is 1. The van der Waals surface area contributed by atoms with Crippen LogP contribution in [0.4, 0.5) is 0 Å². The van der Waals surface area contributed by atoms with Gasteiger partial charge in [-0.25, -0.2) is 4.98 Å². The molecule has 0 aliphatic carbocycles. The topological polar surface area (TPSA) is 28.7 Å². The molecule has 2 aromatic rings. The van der Waals surface area contributed by atoms with Crippen LogP contribution in [0.3, 0.4) is 0 Å². The third-order valence-corrected chi connectivity index (χ3v) is 2.81. The SMILES string of the molecule is Cc1cnc(-c2cc(Cl)ccc2Br)[nH]1. The summed E-state index contributed by atoms with van der Waals surface area (Å²) in [5.74, 6) is 0.830. The monoisotopic (exact) mass is 270 g/mol. The first kappa shape index (κ1) is 9.74. The molecule has 2 rings (SSSR count). The molecule has 0 amide bonds. The number of H-pyrrole nitrogens is 1. The second-order valence-corrected chi connectivity index (χ2v) is 4.33. The number of hydrogen-bond acceptors (Lipinski definition) is 1. The highest BCUT2D eigenvalue weighted by Crippen LogP contribution is 2.28. The van der Waals surface area contributed by atoms with Crippen molar-refractivity contribution in [3.63, 3.8) is 0 Å². The van der Waals surface area contributed by atoms with Gasteiger partial charge in [-0.05, 0) is 25.1 Å². The number of aryl methyl sites for hydroxylation is 1. The van der Waals surface area contributed by atoms with Crippen LogP contribution in [0.25, 0.3) is 11.4 Å². The number of nitrogens with one attached hydrogen (secondary N) is 1. The predicted octanol–water partition coefficient (Wildman–Crippen LogP) is 3.80. The largest absolute Gasteiger partial charge is 0.342 e. The molecule has 0 radical (unpaired) electrons. The van der Waals surface area contributed by atoms with Gasteiger partial charge in [0, 0.05) is 26.9 Å². The first-order valence-corrected chi connectivity index (χ1v) is 5.31. The number of halogens is 2. The molecular formula is C10H8BrClN2. The van der Waals surface area contributed by atoms with Crippen LogP contribution in [-0.4, -0.2) is 9.97 Å². The summed E-state index contributed by atoms with van der Waals surface area (Å²) in [6, 6.07) is 5.63. The lowest BCUT2D eigenvalue weighted by Gasteiger charge is -2.01. The van der Waals surface area contributed by atoms with Gasteiger partial charge in [0.25, 0.3) is 0 Å². The van der Waals surface area contributed by atoms with E-state index in [4.69, 9.17) is 11.6 Å². The van der Waals surface area contributed by atoms with Crippen molar-refractivity contribution in [2.24, 2.45) is 0 Å². The van der Waals surface area contributed by atoms with Crippen molar-refractivity contribution in [3.8, 4) is 11.4 Å². The summed E-state index contributed by atoms with van der Waals surface area (Å²) in [6.45, 7) is 1.97. The van der Waals surface area contributed by atoms with Gasteiger partial charge in [-0.1, -0.05) is 27.5 Å². The molecule has 0 bridgehead atoms. The van der Waals surface area contributed by atoms with Crippen LogP contribution in [0.5, 0.6) is 0 Å². The molecule has 14 heavy (non-hydrogen) atoms. The van der Waals surface area contributed by atoms with Gasteiger partial charge in [-0.3, -0.25) is 0 Å². The van der Waals surface area contributed by atoms with Crippen LogP contribution >= 0.6 is 27.5 Å². The summed E-state index contributed by atoms with van der Waals surface area (Å²) in [5.41, 5.74) is 2.01. The first-order valence-electron chi connectivity index (χ1n) is 4.14. The highest BCUT2D eigenvalue weighted by Gasteiger charge is 2.06. The van der Waals surface area contributed by atoms with Gasteiger partial charge in [0.15, 0.2) is 0 Å². The Morgan fingerprint density at radius 3 is 2.86 bits per heavy atom. The fraction of sp³-hybridized carbons (Fsp3) is 0.100. The van der Waals surface area contributed by atoms with E-state index in [1.807, 2.05) is 25.1 Å². The van der Waals surface area contributed by atoms with Crippen molar-refractivity contribution in [2.75, 3.05) is 0 Å². The lowest BCUT2D eigenvalue weighted by Crippen LogP contribution is -1.82. The van der Waals surface area contributed by atoms with E-state index in [2.05, 4.69) is 25.9 Å². The molecule has 1 heterocycles. The van der Waals surface area contributed by atoms with Gasteiger partial charge in [-0.15, -0.1) is 0 Å². The van der Waals surface area contributed by atoms with E-state index in [9.17, 15) is 0 Å². The molecule has 0 saturated heterocycles. The number of imidazole rings is 1. The molecule has 1 N–H and O–H groups in total. The van der Waals surface area contributed by atoms with Crippen molar-refractivity contribution >= 4 is 27.5 Å². The van der Waals surface area contributed by atoms with Gasteiger partial charge < -0.3 is 4.98 Å². The highest BCUT2D eigenvalue weighted by atomic mass is 79.9. The molecule has 0 aliphatic rings. The van der Waals surface area contributed by atoms with Gasteiger partial charge in [0.1, 0.15) is 5.82 Å². The van der Waals surface area contributed by atoms with Crippen molar-refractivity contribution in [1.82, 2.24) is 9.97 Å². The van der Waals surface area contributed by atoms with E-state index in [0.29, 0.717) is 5.02 Å². The zero-order valence-electron chi connectivity index (χ0n) is 7.51. The Bertz CT molecular complexity index is 465. The van der Waals surface area contributed by atoms with Crippen molar-refractivity contribution in [3.05, 3.63) is 39.6 Å². The van der Waals surface area contributed by atoms with Crippen LogP contribution in [0, 0.1) is 6.92 Å². The molecular weight excluding hydrogens is 263 g/mol. The lowest BCUT2D eigenvalue weighted by molar-refractivity contribution is 1.25. The van der Waals surface area contributed by atoms with Crippen molar-refractivity contribution < 1.29 is 0 Å². The number of aromatic amines is 1. The number of nitrogens with zero attached hydrogens (tertiary/aromatic N) is 1. The van der Waals surface area contributed by atoms with Crippen LogP contribution in [0.2, 0.25) is 5.02 Å². The molecule has 4 heteroatoms. The Labute approximate surface area is 95.5 Å². The Morgan fingerprint density at radius 2 is 2.21 bits per heavy atom. The van der Waals surface area contributed by atoms with Crippen LogP contribution in [0.15, 0.2) is 28.9 Å². The number of hydrogen-bond donors (Lipinski definition) is 1. The molecule has 72 valence electrons. The minimum Gasteiger partial charge on any atom is -0.342 e. The van der Waals surface area contributed by atoms with Crippen LogP contribution < -0.4 is 0 Å². The molecule has 2 nitrogen and oxygen atoms in total. The van der Waals surface area contributed by atoms with Gasteiger partial charge in [-0.2, -0.15) is 0 Å². The fourth-order valence-corrected chi connectivity index (χ4v) is 1.84. The predicted molar refractivity (Wildman–Crippen MR) is 61.5 cm³/mol. The zero-order valence-corrected chi connectivity index (χ0v) is 9.85. The Morgan fingerprint density at radius 1 is 1.43 bits per heavy atom. The summed E-state index contributed by atoms with van der Waals surface area (Å²) < 4.78 is 0.983. The van der Waals surface area contributed by atoms with Crippen LogP contribution in [-0.2, 0) is 0 Å². The van der Waals surface area contributed by atoms with E-state index in [1.165, 1.54) is 0 Å². The Hall–Kier alpha value is -0.800. The maximum absolute atomic E-state index is 5.91. The zero-order chi connectivity index (χ0) is 10.1. The number of aromatic nitrogens is 2. The normalized spacial score (nSPS) is 10.5. The summed E-state index contributed by atoms with van der Waals surface area (Å²) in [6.07, 6.45) is 1.79. The summed E-state index contributed by atoms with van der Waals surface area (Å²) in [5, 5.41) is 0.706. The average Bonchev–Trinajstić information content (AvgIpc) is 2.56. The van der Waals surface area contributed by atoms with Gasteiger partial charge in [0.2, 0.25) is 0 Å². The minimum absolute atomic E-state index is 0.706. The standard InChI is InChI=1S/C10H8BrClN2/c1-6-5-13-10(14-6)8-4-7(12)2-3-9(8)11/h2-5H,1H3,(H,13,14). The van der Waals surface area contributed by atoms with E-state index < -0.39 is 0 Å². The number of rotatable bonds is 1. The molecule has 0 unspecified atom stereocenters. The second kappa shape index (κ2) is 3.75. The minimum atomic E-state index is 0.706. The average molecular weight is 272 g/mol. The molecule has 1 aromatic carbocycles. The molecule has 0 spiro atoms. The summed E-state index contributed by atoms with van der Waals surface area (Å²) in [4.78, 5) is 7.40. The van der Waals surface area contributed by atoms with Gasteiger partial charge in [0.05, 0.1) is 0 Å². The van der Waals surface area contributed by atoms with Crippen molar-refractivity contribution in [2.45, 2.75) is 6.92 Å². The highest BCUT2D eigenvalue weighted by molar-refractivity contribution is 9.10. The summed E-state index contributed by atoms with van der Waals surface area (Å²) in [7, 11) is 0. The van der Waals surface area contributed by atoms with E-state index in [0.717, 1.165) is 21.6 Å². The Kier molecular flexibility index (Phi) is 2.61. The lowest BCUT2D eigenvalue weighted by atomic mass is 10.2. The third kappa shape index (κ3) is 1.83. The van der Waals surface area contributed by atoms with Gasteiger partial charge >= 0.3 is 0 Å². The van der Waals surface area contributed by atoms with E-state index in [-0.39, 0.29) is 0 Å². The maximum atomic E-state index is 5.91. The fourth-order valence-electron chi connectivity index (χ4n) is 1.23.